The second kappa shape index (κ2) is 15.5. The Morgan fingerprint density at radius 3 is 2.54 bits per heavy atom. The molecule has 0 radical (unpaired) electrons. The number of carbonyl (C=O) groups excluding carboxylic acids is 1. The zero-order chi connectivity index (χ0) is 32.8. The van der Waals surface area contributed by atoms with Gasteiger partial charge in [-0.1, -0.05) is 29.3 Å². The smallest absolute Gasteiger partial charge is 0.387 e. The molecule has 1 saturated carbocycles. The molecule has 1 aromatic carbocycles. The number of aromatic nitrogens is 1. The van der Waals surface area contributed by atoms with Gasteiger partial charge in [0.25, 0.3) is 0 Å². The molecule has 2 fully saturated rings. The summed E-state index contributed by atoms with van der Waals surface area (Å²) in [5, 5.41) is 1.95. The Bertz CT molecular complexity index is 1600. The summed E-state index contributed by atoms with van der Waals surface area (Å²) >= 11 is 13.7. The number of ether oxygens (including phenoxy) is 4. The maximum absolute atomic E-state index is 13.7. The van der Waals surface area contributed by atoms with Crippen molar-refractivity contribution in [2.45, 2.75) is 36.9 Å². The Morgan fingerprint density at radius 2 is 1.87 bits per heavy atom. The number of nitrogens with zero attached hydrogens (tertiary/aromatic N) is 3. The summed E-state index contributed by atoms with van der Waals surface area (Å²) in [5.41, 5.74) is 0.791. The van der Waals surface area contributed by atoms with E-state index in [1.165, 1.54) is 53.4 Å². The van der Waals surface area contributed by atoms with Crippen LogP contribution in [0.1, 0.15) is 39.7 Å². The molecule has 1 aliphatic heterocycles. The Kier molecular flexibility index (Phi) is 11.7. The number of benzene rings is 1. The number of sulfonamides is 1. The van der Waals surface area contributed by atoms with Crippen LogP contribution in [0.25, 0.3) is 0 Å². The summed E-state index contributed by atoms with van der Waals surface area (Å²) in [5.74, 6) is -0.692. The van der Waals surface area contributed by atoms with Gasteiger partial charge in [0.1, 0.15) is 15.9 Å². The lowest BCUT2D eigenvalue weighted by Gasteiger charge is -2.28. The van der Waals surface area contributed by atoms with E-state index in [0.29, 0.717) is 56.5 Å². The van der Waals surface area contributed by atoms with E-state index in [4.69, 9.17) is 37.4 Å². The SMILES string of the molecule is CN(CCN1CCOCC1)S(=O)(=O)c1ccsc1C(=O)OC(Cc1c(Cl)cncc1Cl)c1ccc(OC(F)F)c(OCC2CC2)c1. The van der Waals surface area contributed by atoms with Gasteiger partial charge in [0.15, 0.2) is 11.5 Å². The van der Waals surface area contributed by atoms with Gasteiger partial charge in [0.2, 0.25) is 10.0 Å². The van der Waals surface area contributed by atoms with Gasteiger partial charge in [-0.25, -0.2) is 13.2 Å². The van der Waals surface area contributed by atoms with E-state index in [2.05, 4.69) is 14.6 Å². The molecule has 0 N–H and O–H groups in total. The van der Waals surface area contributed by atoms with Gasteiger partial charge < -0.3 is 18.9 Å². The highest BCUT2D eigenvalue weighted by Gasteiger charge is 2.32. The molecule has 0 spiro atoms. The second-order valence-electron chi connectivity index (χ2n) is 10.9. The van der Waals surface area contributed by atoms with E-state index in [-0.39, 0.29) is 44.3 Å². The van der Waals surface area contributed by atoms with Gasteiger partial charge >= 0.3 is 12.6 Å². The van der Waals surface area contributed by atoms with Gasteiger partial charge in [-0.2, -0.15) is 13.1 Å². The van der Waals surface area contributed by atoms with Crippen molar-refractivity contribution in [2.75, 3.05) is 53.0 Å². The molecule has 1 aliphatic carbocycles. The third-order valence-electron chi connectivity index (χ3n) is 7.66. The van der Waals surface area contributed by atoms with E-state index in [1.54, 1.807) is 0 Å². The summed E-state index contributed by atoms with van der Waals surface area (Å²) in [7, 11) is -2.59. The molecular weight excluding hydrogens is 687 g/mol. The number of halogens is 4. The minimum Gasteiger partial charge on any atom is -0.489 e. The summed E-state index contributed by atoms with van der Waals surface area (Å²) in [6, 6.07) is 5.61. The molecule has 0 bridgehead atoms. The van der Waals surface area contributed by atoms with Crippen LogP contribution in [-0.2, 0) is 25.9 Å². The lowest BCUT2D eigenvalue weighted by atomic mass is 10.0. The van der Waals surface area contributed by atoms with E-state index < -0.39 is 28.7 Å². The van der Waals surface area contributed by atoms with Crippen LogP contribution >= 0.6 is 34.5 Å². The molecule has 46 heavy (non-hydrogen) atoms. The van der Waals surface area contributed by atoms with Gasteiger partial charge in [-0.05, 0) is 53.5 Å². The fourth-order valence-electron chi connectivity index (χ4n) is 4.80. The summed E-state index contributed by atoms with van der Waals surface area (Å²) < 4.78 is 76.5. The molecule has 3 heterocycles. The number of hydrogen-bond donors (Lipinski definition) is 0. The molecule has 2 aliphatic rings. The van der Waals surface area contributed by atoms with Crippen molar-refractivity contribution in [3.05, 3.63) is 68.1 Å². The molecule has 3 aromatic rings. The molecule has 16 heteroatoms. The number of alkyl halides is 2. The zero-order valence-corrected chi connectivity index (χ0v) is 28.0. The van der Waals surface area contributed by atoms with Gasteiger partial charge in [-0.15, -0.1) is 11.3 Å². The number of hydrogen-bond acceptors (Lipinski definition) is 10. The highest BCUT2D eigenvalue weighted by molar-refractivity contribution is 7.89. The minimum absolute atomic E-state index is 0.0318. The van der Waals surface area contributed by atoms with E-state index in [9.17, 15) is 22.0 Å². The number of carbonyl (C=O) groups is 1. The van der Waals surface area contributed by atoms with Crippen LogP contribution in [0.2, 0.25) is 10.0 Å². The van der Waals surface area contributed by atoms with Gasteiger partial charge in [-0.3, -0.25) is 9.88 Å². The first kappa shape index (κ1) is 34.7. The van der Waals surface area contributed by atoms with Crippen LogP contribution in [0.4, 0.5) is 8.78 Å². The average molecular weight is 721 g/mol. The highest BCUT2D eigenvalue weighted by atomic mass is 35.5. The zero-order valence-electron chi connectivity index (χ0n) is 24.9. The van der Waals surface area contributed by atoms with Crippen LogP contribution in [0.3, 0.4) is 0 Å². The van der Waals surface area contributed by atoms with Crippen molar-refractivity contribution in [1.29, 1.82) is 0 Å². The van der Waals surface area contributed by atoms with Crippen LogP contribution in [-0.4, -0.2) is 88.2 Å². The van der Waals surface area contributed by atoms with E-state index in [0.717, 1.165) is 24.2 Å². The van der Waals surface area contributed by atoms with E-state index in [1.807, 2.05) is 0 Å². The van der Waals surface area contributed by atoms with Crippen molar-refractivity contribution in [2.24, 2.45) is 5.92 Å². The van der Waals surface area contributed by atoms with Crippen LogP contribution < -0.4 is 9.47 Å². The number of thiophene rings is 1. The quantitative estimate of drug-likeness (QED) is 0.177. The molecule has 250 valence electrons. The maximum atomic E-state index is 13.7. The van der Waals surface area contributed by atoms with Crippen molar-refractivity contribution in [3.8, 4) is 11.5 Å². The number of morpholine rings is 1. The average Bonchev–Trinajstić information content (AvgIpc) is 3.72. The van der Waals surface area contributed by atoms with Crippen molar-refractivity contribution < 1.29 is 40.9 Å². The predicted octanol–water partition coefficient (Wildman–Crippen LogP) is 5.93. The van der Waals surface area contributed by atoms with Crippen molar-refractivity contribution >= 4 is 50.5 Å². The first-order chi connectivity index (χ1) is 22.0. The van der Waals surface area contributed by atoms with Crippen LogP contribution in [0, 0.1) is 5.92 Å². The largest absolute Gasteiger partial charge is 0.489 e. The first-order valence-corrected chi connectivity index (χ1v) is 17.6. The lowest BCUT2D eigenvalue weighted by Crippen LogP contribution is -2.42. The van der Waals surface area contributed by atoms with Crippen LogP contribution in [0.15, 0.2) is 46.9 Å². The monoisotopic (exact) mass is 719 g/mol. The Labute approximate surface area is 280 Å². The van der Waals surface area contributed by atoms with Gasteiger partial charge in [0, 0.05) is 52.0 Å². The maximum Gasteiger partial charge on any atom is 0.387 e. The molecule has 0 amide bonds. The fourth-order valence-corrected chi connectivity index (χ4v) is 7.75. The number of rotatable bonds is 15. The Morgan fingerprint density at radius 1 is 1.15 bits per heavy atom. The lowest BCUT2D eigenvalue weighted by molar-refractivity contribution is -0.0515. The molecule has 1 unspecified atom stereocenters. The Balaban J connectivity index is 1.41. The van der Waals surface area contributed by atoms with E-state index >= 15 is 0 Å². The molecule has 5 rings (SSSR count). The Hall–Kier alpha value is -2.59. The minimum atomic E-state index is -4.05. The molecular formula is C30H33Cl2F2N3O7S2. The van der Waals surface area contributed by atoms with Crippen molar-refractivity contribution in [3.63, 3.8) is 0 Å². The topological polar surface area (TPSA) is 108 Å². The number of pyridine rings is 1. The van der Waals surface area contributed by atoms with Gasteiger partial charge in [0.05, 0.1) is 29.9 Å². The number of esters is 1. The normalized spacial score (nSPS) is 16.5. The van der Waals surface area contributed by atoms with Crippen LogP contribution in [0.5, 0.6) is 11.5 Å². The fraction of sp³-hybridized carbons (Fsp3) is 0.467. The van der Waals surface area contributed by atoms with Crippen molar-refractivity contribution in [1.82, 2.24) is 14.2 Å². The number of likely N-dealkylation sites (N-methyl/N-ethyl adjacent to an activating group) is 1. The predicted molar refractivity (Wildman–Crippen MR) is 169 cm³/mol. The highest BCUT2D eigenvalue weighted by Crippen LogP contribution is 2.38. The molecule has 10 nitrogen and oxygen atoms in total. The second-order valence-corrected chi connectivity index (χ2v) is 14.7. The summed E-state index contributed by atoms with van der Waals surface area (Å²) in [6.07, 6.45) is 3.61. The summed E-state index contributed by atoms with van der Waals surface area (Å²) in [6.45, 7) is 0.543. The molecule has 1 saturated heterocycles. The third-order valence-corrected chi connectivity index (χ3v) is 11.2. The molecule has 1 atom stereocenters. The molecule has 2 aromatic heterocycles. The summed E-state index contributed by atoms with van der Waals surface area (Å²) in [4.78, 5) is 19.5. The standard InChI is InChI=1S/C30H33Cl2F2N3O7S2/c1-36(7-8-37-9-11-41-12-10-37)46(39,40)27-6-13-45-28(27)29(38)43-25(15-21-22(31)16-35-17-23(21)32)20-4-5-24(44-30(33)34)26(14-20)42-18-19-2-3-19/h4-6,13-14,16-17,19,25,30H,2-3,7-12,15,18H2,1H3. The first-order valence-electron chi connectivity index (χ1n) is 14.6. The third kappa shape index (κ3) is 8.85.